The fourth-order valence-corrected chi connectivity index (χ4v) is 2.61. The molecule has 0 radical (unpaired) electrons. The van der Waals surface area contributed by atoms with Crippen molar-refractivity contribution in [2.45, 2.75) is 13.8 Å². The molecular formula is C16H17IN2O2. The van der Waals surface area contributed by atoms with Gasteiger partial charge in [0.2, 0.25) is 0 Å². The minimum Gasteiger partial charge on any atom is -0.495 e. The lowest BCUT2D eigenvalue weighted by Gasteiger charge is -2.12. The molecule has 0 heterocycles. The van der Waals surface area contributed by atoms with Crippen molar-refractivity contribution in [1.82, 2.24) is 0 Å². The van der Waals surface area contributed by atoms with Crippen LogP contribution in [0.4, 0.5) is 11.4 Å². The predicted octanol–water partition coefficient (Wildman–Crippen LogP) is 3.75. The average Bonchev–Trinajstić information content (AvgIpc) is 2.44. The molecule has 0 saturated carbocycles. The molecule has 2 aromatic carbocycles. The number of nitrogens with one attached hydrogen (secondary N) is 1. The number of nitrogens with two attached hydrogens (primary N) is 1. The fourth-order valence-electron chi connectivity index (χ4n) is 1.99. The van der Waals surface area contributed by atoms with Crippen LogP contribution in [0.25, 0.3) is 0 Å². The highest BCUT2D eigenvalue weighted by molar-refractivity contribution is 14.1. The van der Waals surface area contributed by atoms with Crippen LogP contribution in [0.2, 0.25) is 0 Å². The van der Waals surface area contributed by atoms with Gasteiger partial charge < -0.3 is 15.8 Å². The first-order valence-corrected chi connectivity index (χ1v) is 7.52. The van der Waals surface area contributed by atoms with Gasteiger partial charge in [-0.3, -0.25) is 4.79 Å². The van der Waals surface area contributed by atoms with Crippen LogP contribution in [0, 0.1) is 17.4 Å². The number of anilines is 2. The number of carbonyl (C=O) groups excluding carboxylic acids is 1. The molecule has 0 atom stereocenters. The Morgan fingerprint density at radius 3 is 2.52 bits per heavy atom. The lowest BCUT2D eigenvalue weighted by Crippen LogP contribution is -2.13. The molecule has 110 valence electrons. The monoisotopic (exact) mass is 396 g/mol. The summed E-state index contributed by atoms with van der Waals surface area (Å²) in [6.45, 7) is 3.99. The van der Waals surface area contributed by atoms with E-state index in [4.69, 9.17) is 10.5 Å². The molecule has 0 spiro atoms. The molecule has 0 aliphatic heterocycles. The number of halogens is 1. The van der Waals surface area contributed by atoms with E-state index in [0.717, 1.165) is 16.8 Å². The molecule has 2 rings (SSSR count). The van der Waals surface area contributed by atoms with E-state index >= 15 is 0 Å². The van der Waals surface area contributed by atoms with Crippen molar-refractivity contribution in [3.63, 3.8) is 0 Å². The summed E-state index contributed by atoms with van der Waals surface area (Å²) in [5.41, 5.74) is 9.75. The quantitative estimate of drug-likeness (QED) is 0.614. The molecule has 0 aliphatic carbocycles. The van der Waals surface area contributed by atoms with Crippen molar-refractivity contribution < 1.29 is 9.53 Å². The average molecular weight is 396 g/mol. The van der Waals surface area contributed by atoms with Gasteiger partial charge in [-0.1, -0.05) is 0 Å². The van der Waals surface area contributed by atoms with Crippen molar-refractivity contribution in [2.24, 2.45) is 0 Å². The second kappa shape index (κ2) is 6.34. The van der Waals surface area contributed by atoms with Gasteiger partial charge >= 0.3 is 0 Å². The maximum absolute atomic E-state index is 12.3. The number of rotatable bonds is 3. The third kappa shape index (κ3) is 3.47. The van der Waals surface area contributed by atoms with E-state index in [-0.39, 0.29) is 5.91 Å². The number of benzene rings is 2. The Balaban J connectivity index is 2.26. The summed E-state index contributed by atoms with van der Waals surface area (Å²) in [6, 6.07) is 9.02. The van der Waals surface area contributed by atoms with E-state index in [1.165, 1.54) is 3.57 Å². The van der Waals surface area contributed by atoms with Crippen molar-refractivity contribution in [1.29, 1.82) is 0 Å². The zero-order valence-electron chi connectivity index (χ0n) is 12.2. The highest BCUT2D eigenvalue weighted by Gasteiger charge is 2.11. The Bertz CT molecular complexity index is 699. The molecule has 1 amide bonds. The summed E-state index contributed by atoms with van der Waals surface area (Å²) >= 11 is 2.28. The molecule has 0 aliphatic rings. The second-order valence-electron chi connectivity index (χ2n) is 4.83. The van der Waals surface area contributed by atoms with Crippen molar-refractivity contribution in [3.8, 4) is 5.75 Å². The van der Waals surface area contributed by atoms with Crippen LogP contribution in [-0.2, 0) is 0 Å². The van der Waals surface area contributed by atoms with Crippen LogP contribution in [0.5, 0.6) is 5.75 Å². The number of nitrogen functional groups attached to an aromatic ring is 1. The Kier molecular flexibility index (Phi) is 4.72. The molecule has 0 saturated heterocycles. The van der Waals surface area contributed by atoms with Crippen LogP contribution < -0.4 is 15.8 Å². The van der Waals surface area contributed by atoms with Crippen molar-refractivity contribution >= 4 is 39.9 Å². The molecule has 21 heavy (non-hydrogen) atoms. The minimum atomic E-state index is -0.187. The van der Waals surface area contributed by atoms with E-state index in [0.29, 0.717) is 17.0 Å². The zero-order chi connectivity index (χ0) is 15.6. The molecule has 0 fully saturated rings. The highest BCUT2D eigenvalue weighted by atomic mass is 127. The smallest absolute Gasteiger partial charge is 0.255 e. The number of hydrogen-bond donors (Lipinski definition) is 2. The summed E-state index contributed by atoms with van der Waals surface area (Å²) < 4.78 is 6.27. The first-order valence-electron chi connectivity index (χ1n) is 6.44. The van der Waals surface area contributed by atoms with Gasteiger partial charge in [-0.25, -0.2) is 0 Å². The zero-order valence-corrected chi connectivity index (χ0v) is 14.3. The fraction of sp³-hybridized carbons (Fsp3) is 0.188. The third-order valence-electron chi connectivity index (χ3n) is 3.25. The van der Waals surface area contributed by atoms with Gasteiger partial charge in [0.1, 0.15) is 5.75 Å². The van der Waals surface area contributed by atoms with Crippen LogP contribution in [0.3, 0.4) is 0 Å². The topological polar surface area (TPSA) is 64.3 Å². The van der Waals surface area contributed by atoms with Gasteiger partial charge in [-0.05, 0) is 77.9 Å². The molecule has 2 aromatic rings. The standard InChI is InChI=1S/C16H17IN2O2/c1-9-7-14(10(2)6-12(9)17)19-16(20)11-4-5-15(21-3)13(18)8-11/h4-8H,18H2,1-3H3,(H,19,20). The maximum atomic E-state index is 12.3. The van der Waals surface area contributed by atoms with E-state index in [1.54, 1.807) is 25.3 Å². The lowest BCUT2D eigenvalue weighted by molar-refractivity contribution is 0.102. The van der Waals surface area contributed by atoms with Crippen molar-refractivity contribution in [2.75, 3.05) is 18.2 Å². The van der Waals surface area contributed by atoms with Gasteiger partial charge in [0, 0.05) is 14.8 Å². The predicted molar refractivity (Wildman–Crippen MR) is 94.0 cm³/mol. The summed E-state index contributed by atoms with van der Waals surface area (Å²) in [5, 5.41) is 2.92. The number of methoxy groups -OCH3 is 1. The van der Waals surface area contributed by atoms with Gasteiger partial charge in [0.25, 0.3) is 5.91 Å². The number of hydrogen-bond acceptors (Lipinski definition) is 3. The van der Waals surface area contributed by atoms with Crippen molar-refractivity contribution in [3.05, 3.63) is 50.6 Å². The summed E-state index contributed by atoms with van der Waals surface area (Å²) in [5.74, 6) is 0.376. The van der Waals surface area contributed by atoms with Gasteiger partial charge in [0.05, 0.1) is 12.8 Å². The van der Waals surface area contributed by atoms with Gasteiger partial charge in [-0.15, -0.1) is 0 Å². The lowest BCUT2D eigenvalue weighted by atomic mass is 10.1. The Hall–Kier alpha value is -1.76. The first-order chi connectivity index (χ1) is 9.92. The Labute approximate surface area is 137 Å². The summed E-state index contributed by atoms with van der Waals surface area (Å²) in [6.07, 6.45) is 0. The molecule has 0 unspecified atom stereocenters. The van der Waals surface area contributed by atoms with Crippen LogP contribution in [-0.4, -0.2) is 13.0 Å². The van der Waals surface area contributed by atoms with Gasteiger partial charge in [0.15, 0.2) is 0 Å². The van der Waals surface area contributed by atoms with E-state index in [9.17, 15) is 4.79 Å². The molecule has 4 nitrogen and oxygen atoms in total. The Morgan fingerprint density at radius 1 is 1.19 bits per heavy atom. The van der Waals surface area contributed by atoms with Gasteiger partial charge in [-0.2, -0.15) is 0 Å². The van der Waals surface area contributed by atoms with E-state index in [2.05, 4.69) is 27.9 Å². The molecule has 0 aromatic heterocycles. The largest absolute Gasteiger partial charge is 0.495 e. The van der Waals surface area contributed by atoms with Crippen LogP contribution in [0.1, 0.15) is 21.5 Å². The third-order valence-corrected chi connectivity index (χ3v) is 4.41. The highest BCUT2D eigenvalue weighted by Crippen LogP contribution is 2.25. The number of aryl methyl sites for hydroxylation is 2. The molecule has 5 heteroatoms. The molecule has 3 N–H and O–H groups in total. The van der Waals surface area contributed by atoms with Crippen LogP contribution in [0.15, 0.2) is 30.3 Å². The summed E-state index contributed by atoms with van der Waals surface area (Å²) in [7, 11) is 1.54. The maximum Gasteiger partial charge on any atom is 0.255 e. The number of amides is 1. The number of carbonyl (C=O) groups is 1. The van der Waals surface area contributed by atoms with E-state index in [1.807, 2.05) is 26.0 Å². The first kappa shape index (κ1) is 15.6. The SMILES string of the molecule is COc1ccc(C(=O)Nc2cc(C)c(I)cc2C)cc1N. The normalized spacial score (nSPS) is 10.3. The number of ether oxygens (including phenoxy) is 1. The second-order valence-corrected chi connectivity index (χ2v) is 5.99. The van der Waals surface area contributed by atoms with E-state index < -0.39 is 0 Å². The van der Waals surface area contributed by atoms with Crippen LogP contribution >= 0.6 is 22.6 Å². The molecular weight excluding hydrogens is 379 g/mol. The minimum absolute atomic E-state index is 0.187. The molecule has 0 bridgehead atoms. The summed E-state index contributed by atoms with van der Waals surface area (Å²) in [4.78, 5) is 12.3. The Morgan fingerprint density at radius 2 is 1.90 bits per heavy atom.